The quantitative estimate of drug-likeness (QED) is 0.688. The van der Waals surface area contributed by atoms with E-state index in [1.165, 1.54) is 11.1 Å². The van der Waals surface area contributed by atoms with Crippen molar-refractivity contribution in [3.05, 3.63) is 59.2 Å². The van der Waals surface area contributed by atoms with Gasteiger partial charge in [-0.05, 0) is 62.6 Å². The summed E-state index contributed by atoms with van der Waals surface area (Å²) in [5, 5.41) is 0. The maximum Gasteiger partial charge on any atom is 0.130 e. The predicted octanol–water partition coefficient (Wildman–Crippen LogP) is 4.55. The predicted molar refractivity (Wildman–Crippen MR) is 102 cm³/mol. The van der Waals surface area contributed by atoms with Gasteiger partial charge in [0.1, 0.15) is 11.5 Å². The van der Waals surface area contributed by atoms with Gasteiger partial charge in [-0.25, -0.2) is 0 Å². The third-order valence-corrected chi connectivity index (χ3v) is 3.69. The SMILES string of the molecule is CCOc1cccc(OCC)c1/C=C\c1cccc(CCCN)c1. The third-order valence-electron chi connectivity index (χ3n) is 3.69. The van der Waals surface area contributed by atoms with Crippen LogP contribution >= 0.6 is 0 Å². The average molecular weight is 325 g/mol. The van der Waals surface area contributed by atoms with Gasteiger partial charge in [0.15, 0.2) is 0 Å². The van der Waals surface area contributed by atoms with Gasteiger partial charge in [0, 0.05) is 0 Å². The fourth-order valence-electron chi connectivity index (χ4n) is 2.59. The molecule has 0 aromatic heterocycles. The molecule has 0 amide bonds. The van der Waals surface area contributed by atoms with E-state index in [1.54, 1.807) is 0 Å². The fraction of sp³-hybridized carbons (Fsp3) is 0.333. The average Bonchev–Trinajstić information content (AvgIpc) is 2.60. The van der Waals surface area contributed by atoms with E-state index in [-0.39, 0.29) is 0 Å². The second-order valence-corrected chi connectivity index (χ2v) is 5.50. The molecule has 0 radical (unpaired) electrons. The molecule has 0 aliphatic rings. The summed E-state index contributed by atoms with van der Waals surface area (Å²) in [4.78, 5) is 0. The van der Waals surface area contributed by atoms with Crippen LogP contribution in [0, 0.1) is 0 Å². The first-order valence-electron chi connectivity index (χ1n) is 8.64. The molecule has 2 aromatic carbocycles. The zero-order valence-corrected chi connectivity index (χ0v) is 14.6. The minimum Gasteiger partial charge on any atom is -0.493 e. The van der Waals surface area contributed by atoms with Crippen molar-refractivity contribution in [1.82, 2.24) is 0 Å². The van der Waals surface area contributed by atoms with Crippen molar-refractivity contribution in [2.24, 2.45) is 5.73 Å². The van der Waals surface area contributed by atoms with Crippen molar-refractivity contribution in [2.45, 2.75) is 26.7 Å². The number of hydrogen-bond acceptors (Lipinski definition) is 3. The molecule has 0 bridgehead atoms. The van der Waals surface area contributed by atoms with Crippen molar-refractivity contribution in [2.75, 3.05) is 19.8 Å². The van der Waals surface area contributed by atoms with Crippen LogP contribution in [0.2, 0.25) is 0 Å². The monoisotopic (exact) mass is 325 g/mol. The highest BCUT2D eigenvalue weighted by molar-refractivity contribution is 5.76. The Balaban J connectivity index is 2.27. The van der Waals surface area contributed by atoms with E-state index in [4.69, 9.17) is 15.2 Å². The minimum atomic E-state index is 0.630. The molecule has 0 fully saturated rings. The highest BCUT2D eigenvalue weighted by Crippen LogP contribution is 2.30. The highest BCUT2D eigenvalue weighted by atomic mass is 16.5. The van der Waals surface area contributed by atoms with Crippen LogP contribution in [-0.4, -0.2) is 19.8 Å². The van der Waals surface area contributed by atoms with Crippen molar-refractivity contribution in [3.63, 3.8) is 0 Å². The topological polar surface area (TPSA) is 44.5 Å². The molecule has 3 nitrogen and oxygen atoms in total. The molecule has 0 unspecified atom stereocenters. The van der Waals surface area contributed by atoms with E-state index < -0.39 is 0 Å². The van der Waals surface area contributed by atoms with Gasteiger partial charge in [-0.3, -0.25) is 0 Å². The van der Waals surface area contributed by atoms with Crippen LogP contribution in [0.3, 0.4) is 0 Å². The molecule has 0 aliphatic carbocycles. The van der Waals surface area contributed by atoms with Gasteiger partial charge in [-0.2, -0.15) is 0 Å². The summed E-state index contributed by atoms with van der Waals surface area (Å²) in [6.07, 6.45) is 6.19. The molecule has 2 aromatic rings. The van der Waals surface area contributed by atoms with E-state index >= 15 is 0 Å². The van der Waals surface area contributed by atoms with E-state index in [1.807, 2.05) is 32.0 Å². The lowest BCUT2D eigenvalue weighted by Gasteiger charge is -2.12. The third kappa shape index (κ3) is 5.14. The standard InChI is InChI=1S/C21H27NO2/c1-3-23-20-11-6-12-21(24-4-2)19(20)14-13-18-9-5-8-17(16-18)10-7-15-22/h5-6,8-9,11-14,16H,3-4,7,10,15,22H2,1-2H3/b14-13-. The Labute approximate surface area is 145 Å². The number of aryl methyl sites for hydroxylation is 1. The molecule has 128 valence electrons. The molecular weight excluding hydrogens is 298 g/mol. The van der Waals surface area contributed by atoms with Gasteiger partial charge in [0.05, 0.1) is 18.8 Å². The minimum absolute atomic E-state index is 0.630. The molecule has 0 atom stereocenters. The second kappa shape index (κ2) is 9.78. The normalized spacial score (nSPS) is 11.0. The first-order chi connectivity index (χ1) is 11.8. The molecule has 2 N–H and O–H groups in total. The van der Waals surface area contributed by atoms with Crippen LogP contribution < -0.4 is 15.2 Å². The molecule has 0 spiro atoms. The number of benzene rings is 2. The van der Waals surface area contributed by atoms with Gasteiger partial charge < -0.3 is 15.2 Å². The maximum atomic E-state index is 5.74. The molecule has 24 heavy (non-hydrogen) atoms. The Morgan fingerprint density at radius 1 is 0.917 bits per heavy atom. The zero-order valence-electron chi connectivity index (χ0n) is 14.6. The summed E-state index contributed by atoms with van der Waals surface area (Å²) >= 11 is 0. The summed E-state index contributed by atoms with van der Waals surface area (Å²) in [5.41, 5.74) is 9.05. The largest absolute Gasteiger partial charge is 0.493 e. The van der Waals surface area contributed by atoms with Gasteiger partial charge in [0.25, 0.3) is 0 Å². The molecule has 0 aliphatic heterocycles. The molecule has 0 heterocycles. The molecule has 0 saturated carbocycles. The van der Waals surface area contributed by atoms with Gasteiger partial charge in [-0.15, -0.1) is 0 Å². The lowest BCUT2D eigenvalue weighted by Crippen LogP contribution is -2.00. The number of ether oxygens (including phenoxy) is 2. The van der Waals surface area contributed by atoms with E-state index in [9.17, 15) is 0 Å². The van der Waals surface area contributed by atoms with E-state index in [0.717, 1.165) is 36.4 Å². The molecule has 0 saturated heterocycles. The molecule has 3 heteroatoms. The van der Waals surface area contributed by atoms with Gasteiger partial charge >= 0.3 is 0 Å². The fourth-order valence-corrected chi connectivity index (χ4v) is 2.59. The van der Waals surface area contributed by atoms with Crippen LogP contribution in [0.15, 0.2) is 42.5 Å². The first kappa shape index (κ1) is 18.1. The van der Waals surface area contributed by atoms with Crippen molar-refractivity contribution in [1.29, 1.82) is 0 Å². The van der Waals surface area contributed by atoms with Gasteiger partial charge in [-0.1, -0.05) is 36.4 Å². The molecular formula is C21H27NO2. The van der Waals surface area contributed by atoms with Crippen molar-refractivity contribution >= 4 is 12.2 Å². The number of rotatable bonds is 9. The van der Waals surface area contributed by atoms with E-state index in [0.29, 0.717) is 13.2 Å². The summed E-state index contributed by atoms with van der Waals surface area (Å²) in [5.74, 6) is 1.69. The Morgan fingerprint density at radius 3 is 2.21 bits per heavy atom. The summed E-state index contributed by atoms with van der Waals surface area (Å²) in [6.45, 7) is 5.96. The second-order valence-electron chi connectivity index (χ2n) is 5.50. The Kier molecular flexibility index (Phi) is 7.37. The van der Waals surface area contributed by atoms with Crippen LogP contribution in [0.1, 0.15) is 37.0 Å². The Morgan fingerprint density at radius 2 is 1.58 bits per heavy atom. The molecule has 2 rings (SSSR count). The summed E-state index contributed by atoms with van der Waals surface area (Å²) in [7, 11) is 0. The Hall–Kier alpha value is -2.26. The van der Waals surface area contributed by atoms with Crippen LogP contribution in [-0.2, 0) is 6.42 Å². The van der Waals surface area contributed by atoms with Gasteiger partial charge in [0.2, 0.25) is 0 Å². The summed E-state index contributed by atoms with van der Waals surface area (Å²) < 4.78 is 11.5. The van der Waals surface area contributed by atoms with Crippen LogP contribution in [0.5, 0.6) is 11.5 Å². The van der Waals surface area contributed by atoms with Crippen LogP contribution in [0.25, 0.3) is 12.2 Å². The first-order valence-corrected chi connectivity index (χ1v) is 8.64. The highest BCUT2D eigenvalue weighted by Gasteiger charge is 2.07. The lowest BCUT2D eigenvalue weighted by atomic mass is 10.0. The van der Waals surface area contributed by atoms with Crippen molar-refractivity contribution < 1.29 is 9.47 Å². The number of nitrogens with two attached hydrogens (primary N) is 1. The zero-order chi connectivity index (χ0) is 17.2. The number of hydrogen-bond donors (Lipinski definition) is 1. The maximum absolute atomic E-state index is 5.74. The van der Waals surface area contributed by atoms with Crippen molar-refractivity contribution in [3.8, 4) is 11.5 Å². The lowest BCUT2D eigenvalue weighted by molar-refractivity contribution is 0.322. The smallest absolute Gasteiger partial charge is 0.130 e. The van der Waals surface area contributed by atoms with Crippen LogP contribution in [0.4, 0.5) is 0 Å². The van der Waals surface area contributed by atoms with E-state index in [2.05, 4.69) is 36.4 Å². The Bertz CT molecular complexity index is 640. The summed E-state index contributed by atoms with van der Waals surface area (Å²) in [6, 6.07) is 14.4.